The van der Waals surface area contributed by atoms with Crippen LogP contribution in [0.5, 0.6) is 0 Å². The molecule has 1 fully saturated rings. The SMILES string of the molecule is N#C/C(=C/Nc1ccc2cn[nH]c2c1)C(=O)NC1CCCCCCCCCCC1. The van der Waals surface area contributed by atoms with Gasteiger partial charge in [-0.3, -0.25) is 9.89 Å². The minimum Gasteiger partial charge on any atom is -0.360 e. The van der Waals surface area contributed by atoms with Gasteiger partial charge in [0.05, 0.1) is 11.7 Å². The summed E-state index contributed by atoms with van der Waals surface area (Å²) in [4.78, 5) is 12.7. The van der Waals surface area contributed by atoms with E-state index >= 15 is 0 Å². The first-order valence-electron chi connectivity index (χ1n) is 10.9. The van der Waals surface area contributed by atoms with Crippen LogP contribution in [-0.2, 0) is 4.79 Å². The summed E-state index contributed by atoms with van der Waals surface area (Å²) in [5, 5.41) is 23.5. The predicted molar refractivity (Wildman–Crippen MR) is 116 cm³/mol. The number of fused-ring (bicyclic) bond motifs is 1. The highest BCUT2D eigenvalue weighted by molar-refractivity contribution is 5.97. The number of anilines is 1. The fourth-order valence-electron chi connectivity index (χ4n) is 3.90. The van der Waals surface area contributed by atoms with Gasteiger partial charge in [-0.2, -0.15) is 10.4 Å². The van der Waals surface area contributed by atoms with E-state index in [1.165, 1.54) is 51.1 Å². The van der Waals surface area contributed by atoms with Crippen molar-refractivity contribution in [2.75, 3.05) is 5.32 Å². The monoisotopic (exact) mass is 393 g/mol. The van der Waals surface area contributed by atoms with Crippen LogP contribution in [0.2, 0.25) is 0 Å². The van der Waals surface area contributed by atoms with Crippen molar-refractivity contribution in [1.29, 1.82) is 5.26 Å². The van der Waals surface area contributed by atoms with Gasteiger partial charge in [0.15, 0.2) is 0 Å². The maximum atomic E-state index is 12.7. The van der Waals surface area contributed by atoms with Crippen LogP contribution >= 0.6 is 0 Å². The van der Waals surface area contributed by atoms with Crippen molar-refractivity contribution in [3.8, 4) is 6.07 Å². The Balaban J connectivity index is 1.57. The van der Waals surface area contributed by atoms with Gasteiger partial charge >= 0.3 is 0 Å². The molecule has 1 aliphatic carbocycles. The highest BCUT2D eigenvalue weighted by Crippen LogP contribution is 2.18. The van der Waals surface area contributed by atoms with Crippen molar-refractivity contribution in [3.63, 3.8) is 0 Å². The summed E-state index contributed by atoms with van der Waals surface area (Å²) < 4.78 is 0. The lowest BCUT2D eigenvalue weighted by molar-refractivity contribution is -0.117. The van der Waals surface area contributed by atoms with Crippen LogP contribution in [0.25, 0.3) is 10.9 Å². The van der Waals surface area contributed by atoms with Gasteiger partial charge in [0.2, 0.25) is 0 Å². The molecule has 1 aromatic carbocycles. The van der Waals surface area contributed by atoms with Gasteiger partial charge in [-0.25, -0.2) is 0 Å². The Kier molecular flexibility index (Phi) is 8.12. The van der Waals surface area contributed by atoms with Crippen molar-refractivity contribution < 1.29 is 4.79 Å². The zero-order valence-electron chi connectivity index (χ0n) is 17.0. The maximum absolute atomic E-state index is 12.7. The van der Waals surface area contributed by atoms with E-state index in [1.807, 2.05) is 24.3 Å². The number of nitrogens with zero attached hydrogens (tertiary/aromatic N) is 2. The van der Waals surface area contributed by atoms with E-state index in [4.69, 9.17) is 0 Å². The number of nitriles is 1. The molecule has 0 bridgehead atoms. The number of carbonyl (C=O) groups is 1. The lowest BCUT2D eigenvalue weighted by Gasteiger charge is -2.19. The third kappa shape index (κ3) is 6.63. The van der Waals surface area contributed by atoms with Gasteiger partial charge in [0.25, 0.3) is 5.91 Å². The number of aromatic amines is 1. The van der Waals surface area contributed by atoms with Gasteiger partial charge in [-0.05, 0) is 31.0 Å². The topological polar surface area (TPSA) is 93.6 Å². The fourth-order valence-corrected chi connectivity index (χ4v) is 3.90. The van der Waals surface area contributed by atoms with E-state index < -0.39 is 0 Å². The zero-order valence-corrected chi connectivity index (χ0v) is 17.0. The molecule has 154 valence electrons. The van der Waals surface area contributed by atoms with E-state index in [-0.39, 0.29) is 17.5 Å². The molecule has 6 nitrogen and oxygen atoms in total. The highest BCUT2D eigenvalue weighted by atomic mass is 16.1. The first kappa shape index (κ1) is 20.9. The molecule has 1 saturated carbocycles. The fraction of sp³-hybridized carbons (Fsp3) is 0.522. The summed E-state index contributed by atoms with van der Waals surface area (Å²) in [5.74, 6) is -0.292. The molecule has 0 radical (unpaired) electrons. The second-order valence-electron chi connectivity index (χ2n) is 7.92. The number of hydrogen-bond donors (Lipinski definition) is 3. The Hall–Kier alpha value is -2.81. The molecular weight excluding hydrogens is 362 g/mol. The molecule has 6 heteroatoms. The van der Waals surface area contributed by atoms with Crippen molar-refractivity contribution in [2.45, 2.75) is 76.7 Å². The van der Waals surface area contributed by atoms with Crippen molar-refractivity contribution in [2.24, 2.45) is 0 Å². The molecule has 2 aromatic rings. The smallest absolute Gasteiger partial charge is 0.263 e. The largest absolute Gasteiger partial charge is 0.360 e. The van der Waals surface area contributed by atoms with Gasteiger partial charge in [0.1, 0.15) is 11.6 Å². The molecule has 0 saturated heterocycles. The van der Waals surface area contributed by atoms with Gasteiger partial charge in [-0.15, -0.1) is 0 Å². The molecule has 1 heterocycles. The zero-order chi connectivity index (χ0) is 20.3. The summed E-state index contributed by atoms with van der Waals surface area (Å²) in [6.07, 6.45) is 16.5. The molecule has 3 rings (SSSR count). The minimum atomic E-state index is -0.292. The van der Waals surface area contributed by atoms with Crippen LogP contribution in [0.15, 0.2) is 36.2 Å². The van der Waals surface area contributed by atoms with Crippen LogP contribution in [0, 0.1) is 11.3 Å². The summed E-state index contributed by atoms with van der Waals surface area (Å²) in [6.45, 7) is 0. The minimum absolute atomic E-state index is 0.0980. The predicted octanol–water partition coefficient (Wildman–Crippen LogP) is 5.17. The molecule has 0 aliphatic heterocycles. The molecular formula is C23H31N5O. The van der Waals surface area contributed by atoms with Crippen LogP contribution in [0.1, 0.15) is 70.6 Å². The number of carbonyl (C=O) groups excluding carboxylic acids is 1. The third-order valence-corrected chi connectivity index (χ3v) is 5.63. The van der Waals surface area contributed by atoms with Crippen LogP contribution in [0.3, 0.4) is 0 Å². The Labute approximate surface area is 172 Å². The van der Waals surface area contributed by atoms with E-state index in [9.17, 15) is 10.1 Å². The molecule has 1 amide bonds. The molecule has 0 unspecified atom stereocenters. The van der Waals surface area contributed by atoms with Gasteiger partial charge in [0, 0.05) is 23.3 Å². The van der Waals surface area contributed by atoms with Crippen LogP contribution in [0.4, 0.5) is 5.69 Å². The average molecular weight is 394 g/mol. The number of hydrogen-bond acceptors (Lipinski definition) is 4. The molecule has 0 spiro atoms. The second-order valence-corrected chi connectivity index (χ2v) is 7.92. The average Bonchev–Trinajstić information content (AvgIpc) is 3.18. The van der Waals surface area contributed by atoms with Crippen LogP contribution < -0.4 is 10.6 Å². The number of nitrogens with one attached hydrogen (secondary N) is 3. The van der Waals surface area contributed by atoms with Crippen molar-refractivity contribution in [3.05, 3.63) is 36.2 Å². The van der Waals surface area contributed by atoms with Gasteiger partial charge < -0.3 is 10.6 Å². The summed E-state index contributed by atoms with van der Waals surface area (Å²) in [7, 11) is 0. The number of rotatable bonds is 4. The Morgan fingerprint density at radius 2 is 1.72 bits per heavy atom. The lowest BCUT2D eigenvalue weighted by atomic mass is 9.98. The Bertz CT molecular complexity index is 852. The molecule has 0 atom stereocenters. The Morgan fingerprint density at radius 3 is 2.38 bits per heavy atom. The lowest BCUT2D eigenvalue weighted by Crippen LogP contribution is -2.35. The van der Waals surface area contributed by atoms with Crippen LogP contribution in [-0.4, -0.2) is 22.1 Å². The number of aromatic nitrogens is 2. The molecule has 1 aromatic heterocycles. The maximum Gasteiger partial charge on any atom is 0.263 e. The number of benzene rings is 1. The highest BCUT2D eigenvalue weighted by Gasteiger charge is 2.16. The third-order valence-electron chi connectivity index (χ3n) is 5.63. The van der Waals surface area contributed by atoms with E-state index in [2.05, 4.69) is 20.8 Å². The first-order chi connectivity index (χ1) is 14.3. The normalized spacial score (nSPS) is 17.7. The van der Waals surface area contributed by atoms with Crippen molar-refractivity contribution >= 4 is 22.5 Å². The van der Waals surface area contributed by atoms with Gasteiger partial charge in [-0.1, -0.05) is 57.8 Å². The van der Waals surface area contributed by atoms with E-state index in [1.54, 1.807) is 6.20 Å². The Morgan fingerprint density at radius 1 is 1.07 bits per heavy atom. The van der Waals surface area contributed by atoms with E-state index in [0.717, 1.165) is 42.3 Å². The second kappa shape index (κ2) is 11.3. The quantitative estimate of drug-likeness (QED) is 0.493. The van der Waals surface area contributed by atoms with Crippen molar-refractivity contribution in [1.82, 2.24) is 15.5 Å². The summed E-state index contributed by atoms with van der Waals surface area (Å²) in [6, 6.07) is 7.92. The standard InChI is InChI=1S/C23H31N5O/c24-15-19(16-25-21-13-12-18-17-26-28-22(18)14-21)23(29)27-20-10-8-6-4-2-1-3-5-7-9-11-20/h12-14,16-17,20,25H,1-11H2,(H,26,28)(H,27,29)/b19-16-. The number of amides is 1. The van der Waals surface area contributed by atoms with E-state index in [0.29, 0.717) is 0 Å². The summed E-state index contributed by atoms with van der Waals surface area (Å²) in [5.41, 5.74) is 1.80. The molecule has 29 heavy (non-hydrogen) atoms. The first-order valence-corrected chi connectivity index (χ1v) is 10.9. The molecule has 3 N–H and O–H groups in total. The summed E-state index contributed by atoms with van der Waals surface area (Å²) >= 11 is 0. The number of H-pyrrole nitrogens is 1. The molecule has 1 aliphatic rings.